The molecule has 0 aliphatic carbocycles. The van der Waals surface area contributed by atoms with Gasteiger partial charge in [-0.1, -0.05) is 243 Å². The fourth-order valence-electron chi connectivity index (χ4n) is 12.8. The smallest absolute Gasteiger partial charge is 0.148 e. The number of fused-ring (bicyclic) bond motifs is 4. The standard InChI is InChI=1S/C80H50F2N2/c81-73-49-57(65-35-15-23-51-19-7-11-31-61(51)65)47-71(67-37-17-25-53-21-9-13-33-63(53)67)79(73)83(59-27-3-1-4-28-59)75-45-41-55-40-44-70-76(46-42-56-39-43-69(75)77(55)78(56)70)84(60-29-5-2-6-30-60)80-72(68-38-18-26-54-22-10-14-34-64(54)68)48-58(50-74(80)82)66-36-16-24-52-20-8-12-32-62(52)66/h1-50H/i1D,2D,3D,4D,5D,6D,27D,28D,29D,30D. The first-order chi connectivity index (χ1) is 45.7. The van der Waals surface area contributed by atoms with Gasteiger partial charge in [-0.3, -0.25) is 0 Å². The molecule has 0 radical (unpaired) electrons. The highest BCUT2D eigenvalue weighted by Crippen LogP contribution is 2.53. The van der Waals surface area contributed by atoms with Crippen LogP contribution >= 0.6 is 0 Å². The normalized spacial score (nSPS) is 13.4. The molecule has 0 unspecified atom stereocenters. The van der Waals surface area contributed by atoms with Crippen LogP contribution in [0.3, 0.4) is 0 Å². The van der Waals surface area contributed by atoms with Gasteiger partial charge in [0.2, 0.25) is 0 Å². The van der Waals surface area contributed by atoms with Gasteiger partial charge >= 0.3 is 0 Å². The van der Waals surface area contributed by atoms with Crippen molar-refractivity contribution < 1.29 is 22.5 Å². The molecule has 16 aromatic rings. The Morgan fingerprint density at radius 1 is 0.262 bits per heavy atom. The monoisotopic (exact) mass is 1090 g/mol. The van der Waals surface area contributed by atoms with Crippen molar-refractivity contribution in [3.05, 3.63) is 315 Å². The zero-order valence-electron chi connectivity index (χ0n) is 54.7. The van der Waals surface area contributed by atoms with Crippen LogP contribution in [0.5, 0.6) is 0 Å². The minimum atomic E-state index is -0.752. The van der Waals surface area contributed by atoms with Crippen molar-refractivity contribution in [1.82, 2.24) is 0 Å². The summed E-state index contributed by atoms with van der Waals surface area (Å²) in [6.45, 7) is 0. The lowest BCUT2D eigenvalue weighted by Crippen LogP contribution is -2.15. The summed E-state index contributed by atoms with van der Waals surface area (Å²) in [6.07, 6.45) is 0. The number of anilines is 6. The van der Waals surface area contributed by atoms with E-state index >= 15 is 8.78 Å². The number of benzene rings is 16. The van der Waals surface area contributed by atoms with Crippen molar-refractivity contribution in [3.63, 3.8) is 0 Å². The Hall–Kier alpha value is -10.9. The second kappa shape index (κ2) is 19.9. The molecule has 16 rings (SSSR count). The van der Waals surface area contributed by atoms with E-state index in [-0.39, 0.29) is 34.1 Å². The number of nitrogens with zero attached hydrogens (tertiary/aromatic N) is 2. The van der Waals surface area contributed by atoms with E-state index in [4.69, 9.17) is 2.74 Å². The van der Waals surface area contributed by atoms with E-state index < -0.39 is 72.1 Å². The van der Waals surface area contributed by atoms with Gasteiger partial charge < -0.3 is 9.80 Å². The van der Waals surface area contributed by atoms with E-state index in [1.54, 1.807) is 12.1 Å². The summed E-state index contributed by atoms with van der Waals surface area (Å²) < 4.78 is 131. The average molecular weight is 1090 g/mol. The minimum absolute atomic E-state index is 0.0923. The summed E-state index contributed by atoms with van der Waals surface area (Å²) in [6, 6.07) is 69.6. The topological polar surface area (TPSA) is 6.48 Å². The molecule has 0 heterocycles. The molecule has 0 spiro atoms. The molecule has 16 aromatic carbocycles. The van der Waals surface area contributed by atoms with Crippen LogP contribution in [-0.2, 0) is 0 Å². The highest BCUT2D eigenvalue weighted by atomic mass is 19.1. The van der Waals surface area contributed by atoms with E-state index in [2.05, 4.69) is 0 Å². The van der Waals surface area contributed by atoms with Gasteiger partial charge in [0.25, 0.3) is 0 Å². The first-order valence-corrected chi connectivity index (χ1v) is 27.7. The maximum absolute atomic E-state index is 18.9. The molecule has 0 saturated heterocycles. The molecular formula is C80H50F2N2. The van der Waals surface area contributed by atoms with Crippen molar-refractivity contribution >= 4 is 110 Å². The summed E-state index contributed by atoms with van der Waals surface area (Å²) in [7, 11) is 0. The molecule has 0 N–H and O–H groups in total. The van der Waals surface area contributed by atoms with Crippen molar-refractivity contribution in [1.29, 1.82) is 0 Å². The van der Waals surface area contributed by atoms with E-state index in [1.165, 1.54) is 21.9 Å². The molecule has 84 heavy (non-hydrogen) atoms. The predicted molar refractivity (Wildman–Crippen MR) is 351 cm³/mol. The Morgan fingerprint density at radius 2 is 0.583 bits per heavy atom. The van der Waals surface area contributed by atoms with Crippen LogP contribution in [0.2, 0.25) is 0 Å². The lowest BCUT2D eigenvalue weighted by atomic mass is 9.89. The minimum Gasteiger partial charge on any atom is -0.307 e. The van der Waals surface area contributed by atoms with Gasteiger partial charge in [-0.05, 0) is 159 Å². The maximum Gasteiger partial charge on any atom is 0.148 e. The second-order valence-electron chi connectivity index (χ2n) is 21.0. The quantitative estimate of drug-likeness (QED) is 0.126. The molecule has 0 atom stereocenters. The predicted octanol–water partition coefficient (Wildman–Crippen LogP) is 23.1. The van der Waals surface area contributed by atoms with E-state index in [0.717, 1.165) is 54.2 Å². The van der Waals surface area contributed by atoms with Crippen LogP contribution in [0, 0.1) is 11.6 Å². The Morgan fingerprint density at radius 3 is 0.964 bits per heavy atom. The summed E-state index contributed by atoms with van der Waals surface area (Å²) in [4.78, 5) is 2.91. The third-order valence-electron chi connectivity index (χ3n) is 16.5. The van der Waals surface area contributed by atoms with Crippen molar-refractivity contribution in [2.75, 3.05) is 9.80 Å². The zero-order valence-corrected chi connectivity index (χ0v) is 44.7. The lowest BCUT2D eigenvalue weighted by molar-refractivity contribution is 0.629. The van der Waals surface area contributed by atoms with Crippen LogP contribution in [-0.4, -0.2) is 0 Å². The molecule has 0 aliphatic heterocycles. The third kappa shape index (κ3) is 7.98. The van der Waals surface area contributed by atoms with Gasteiger partial charge in [0.15, 0.2) is 0 Å². The van der Waals surface area contributed by atoms with Gasteiger partial charge in [-0.25, -0.2) is 8.78 Å². The van der Waals surface area contributed by atoms with Gasteiger partial charge in [0, 0.05) is 33.3 Å². The van der Waals surface area contributed by atoms with Gasteiger partial charge in [0.1, 0.15) is 11.6 Å². The van der Waals surface area contributed by atoms with Crippen LogP contribution in [0.1, 0.15) is 13.7 Å². The molecule has 0 fully saturated rings. The Kier molecular flexibility index (Phi) is 9.37. The summed E-state index contributed by atoms with van der Waals surface area (Å²) in [5.41, 5.74) is 4.23. The Bertz CT molecular complexity index is 5460. The van der Waals surface area contributed by atoms with Gasteiger partial charge in [-0.15, -0.1) is 0 Å². The van der Waals surface area contributed by atoms with E-state index in [0.29, 0.717) is 65.7 Å². The first kappa shape index (κ1) is 39.5. The number of hydrogen-bond donors (Lipinski definition) is 0. The summed E-state index contributed by atoms with van der Waals surface area (Å²) in [5, 5.41) is 10.4. The lowest BCUT2D eigenvalue weighted by Gasteiger charge is -2.32. The highest BCUT2D eigenvalue weighted by molar-refractivity contribution is 6.28. The molecule has 0 aromatic heterocycles. The van der Waals surface area contributed by atoms with Gasteiger partial charge in [-0.2, -0.15) is 0 Å². The zero-order chi connectivity index (χ0) is 64.5. The summed E-state index contributed by atoms with van der Waals surface area (Å²) in [5.74, 6) is -1.50. The van der Waals surface area contributed by atoms with Gasteiger partial charge in [0.05, 0.1) is 36.5 Å². The average Bonchev–Trinajstić information content (AvgIpc) is 0.716. The molecule has 394 valence electrons. The number of halogens is 2. The van der Waals surface area contributed by atoms with E-state index in [1.807, 2.05) is 218 Å². The molecule has 4 heteroatoms. The van der Waals surface area contributed by atoms with E-state index in [9.17, 15) is 11.0 Å². The Labute approximate surface area is 499 Å². The largest absolute Gasteiger partial charge is 0.307 e. The van der Waals surface area contributed by atoms with Crippen LogP contribution < -0.4 is 9.80 Å². The number of para-hydroxylation sites is 2. The molecule has 0 amide bonds. The van der Waals surface area contributed by atoms with Crippen LogP contribution in [0.4, 0.5) is 42.9 Å². The fraction of sp³-hybridized carbons (Fsp3) is 0. The molecule has 0 aliphatic rings. The van der Waals surface area contributed by atoms with Crippen LogP contribution in [0.15, 0.2) is 303 Å². The Balaban J connectivity index is 1.01. The third-order valence-corrected chi connectivity index (χ3v) is 16.5. The SMILES string of the molecule is [2H]c1c([2H])c([2H])c(N(c2c(F)cc(-c3cccc4ccccc34)cc2-c2cccc3ccccc23)c2ccc3ccc4c(N(c5c(F)cc(-c6cccc7ccccc67)cc5-c5cccc6ccccc56)c5c([2H])c([2H])c([2H])c([2H])c5[2H])ccc5ccc2c3c54)c([2H])c1[2H]. The molecular weight excluding hydrogens is 1030 g/mol. The molecule has 2 nitrogen and oxygen atoms in total. The van der Waals surface area contributed by atoms with Crippen molar-refractivity contribution in [3.8, 4) is 44.5 Å². The number of rotatable bonds is 10. The van der Waals surface area contributed by atoms with Crippen molar-refractivity contribution in [2.45, 2.75) is 0 Å². The molecule has 0 bridgehead atoms. The maximum atomic E-state index is 18.9. The second-order valence-corrected chi connectivity index (χ2v) is 21.0. The first-order valence-electron chi connectivity index (χ1n) is 32.7. The fourth-order valence-corrected chi connectivity index (χ4v) is 12.8. The molecule has 0 saturated carbocycles. The summed E-state index contributed by atoms with van der Waals surface area (Å²) >= 11 is 0. The van der Waals surface area contributed by atoms with Crippen LogP contribution in [0.25, 0.3) is 120 Å². The number of hydrogen-bond acceptors (Lipinski definition) is 2. The highest BCUT2D eigenvalue weighted by Gasteiger charge is 2.29. The van der Waals surface area contributed by atoms with Crippen molar-refractivity contribution in [2.24, 2.45) is 0 Å².